The van der Waals surface area contributed by atoms with E-state index in [1.807, 2.05) is 25.2 Å². The van der Waals surface area contributed by atoms with Gasteiger partial charge in [0.25, 0.3) is 11.3 Å². The number of hydrazine groups is 1. The first-order valence-corrected chi connectivity index (χ1v) is 9.94. The third-order valence-corrected chi connectivity index (χ3v) is 6.02. The summed E-state index contributed by atoms with van der Waals surface area (Å²) in [5.74, 6) is 0.611. The molecule has 5 rings (SSSR count). The summed E-state index contributed by atoms with van der Waals surface area (Å²) < 4.78 is 6.82. The Hall–Kier alpha value is -3.24. The molecular formula is C20H23N7O3. The summed E-state index contributed by atoms with van der Waals surface area (Å²) in [5.41, 5.74) is 0.0309. The lowest BCUT2D eigenvalue weighted by Gasteiger charge is -2.37. The standard InChI is InChI=1S/C20H23N7O3/c1-25-13-10-15(16(11-13)26(25)2)22-17(28)8-12-9-18(29)27-19(21-12)23-20(24-27)30-14-6-4-3-5-7-14/h3-7,9,13,15-16H,8,10-11H2,1-2H3,(H,22,28)(H,21,23,24). The minimum atomic E-state index is -0.348. The van der Waals surface area contributed by atoms with Crippen molar-refractivity contribution in [1.82, 2.24) is 34.9 Å². The van der Waals surface area contributed by atoms with Crippen molar-refractivity contribution < 1.29 is 9.53 Å². The van der Waals surface area contributed by atoms with Crippen LogP contribution in [0.3, 0.4) is 0 Å². The Morgan fingerprint density at radius 3 is 2.73 bits per heavy atom. The first kappa shape index (κ1) is 18.8. The maximum absolute atomic E-state index is 12.6. The Balaban J connectivity index is 1.29. The lowest BCUT2D eigenvalue weighted by molar-refractivity contribution is -0.122. The summed E-state index contributed by atoms with van der Waals surface area (Å²) in [6.07, 6.45) is 2.02. The van der Waals surface area contributed by atoms with Crippen molar-refractivity contribution in [1.29, 1.82) is 0 Å². The number of ether oxygens (including phenoxy) is 1. The molecule has 10 nitrogen and oxygen atoms in total. The van der Waals surface area contributed by atoms with Crippen molar-refractivity contribution in [3.8, 4) is 11.8 Å². The number of aromatic nitrogens is 4. The zero-order valence-electron chi connectivity index (χ0n) is 16.8. The molecular weight excluding hydrogens is 386 g/mol. The normalized spacial score (nSPS) is 23.9. The van der Waals surface area contributed by atoms with E-state index < -0.39 is 0 Å². The summed E-state index contributed by atoms with van der Waals surface area (Å²) in [4.78, 5) is 33.6. The fourth-order valence-electron chi connectivity index (χ4n) is 4.42. The van der Waals surface area contributed by atoms with E-state index in [1.54, 1.807) is 12.1 Å². The Kier molecular flexibility index (Phi) is 4.52. The van der Waals surface area contributed by atoms with E-state index in [0.29, 0.717) is 23.5 Å². The smallest absolute Gasteiger partial charge is 0.318 e. The van der Waals surface area contributed by atoms with Gasteiger partial charge in [-0.15, -0.1) is 0 Å². The van der Waals surface area contributed by atoms with Gasteiger partial charge < -0.3 is 10.1 Å². The largest absolute Gasteiger partial charge is 0.425 e. The van der Waals surface area contributed by atoms with Crippen LogP contribution in [-0.4, -0.2) is 67.7 Å². The van der Waals surface area contributed by atoms with Gasteiger partial charge in [0.05, 0.1) is 12.1 Å². The molecule has 1 aliphatic heterocycles. The van der Waals surface area contributed by atoms with Gasteiger partial charge in [-0.1, -0.05) is 18.2 Å². The number of para-hydroxylation sites is 1. The average molecular weight is 409 g/mol. The second-order valence-corrected chi connectivity index (χ2v) is 7.86. The predicted molar refractivity (Wildman–Crippen MR) is 108 cm³/mol. The van der Waals surface area contributed by atoms with Crippen LogP contribution in [-0.2, 0) is 11.2 Å². The van der Waals surface area contributed by atoms with E-state index in [-0.39, 0.29) is 35.7 Å². The van der Waals surface area contributed by atoms with Gasteiger partial charge in [0.2, 0.25) is 5.91 Å². The number of H-pyrrole nitrogens is 1. The molecule has 0 spiro atoms. The Labute approximate surface area is 172 Å². The van der Waals surface area contributed by atoms with E-state index in [0.717, 1.165) is 12.8 Å². The molecule has 30 heavy (non-hydrogen) atoms. The van der Waals surface area contributed by atoms with Crippen molar-refractivity contribution in [2.75, 3.05) is 14.1 Å². The Morgan fingerprint density at radius 1 is 1.20 bits per heavy atom. The number of carbonyl (C=O) groups excluding carboxylic acids is 1. The van der Waals surface area contributed by atoms with Crippen LogP contribution in [0.25, 0.3) is 5.78 Å². The van der Waals surface area contributed by atoms with Crippen LogP contribution >= 0.6 is 0 Å². The molecule has 10 heteroatoms. The van der Waals surface area contributed by atoms with Crippen molar-refractivity contribution in [3.05, 3.63) is 52.4 Å². The first-order chi connectivity index (χ1) is 14.5. The van der Waals surface area contributed by atoms with Gasteiger partial charge in [0.1, 0.15) is 5.75 Å². The molecule has 2 bridgehead atoms. The number of nitrogens with one attached hydrogen (secondary N) is 2. The van der Waals surface area contributed by atoms with Gasteiger partial charge in [0, 0.05) is 38.3 Å². The molecule has 1 amide bonds. The molecule has 2 aliphatic rings. The molecule has 3 aromatic rings. The summed E-state index contributed by atoms with van der Waals surface area (Å²) in [6.45, 7) is 0. The summed E-state index contributed by atoms with van der Waals surface area (Å²) in [6, 6.07) is 11.5. The van der Waals surface area contributed by atoms with Crippen molar-refractivity contribution in [2.45, 2.75) is 37.4 Å². The summed E-state index contributed by atoms with van der Waals surface area (Å²) >= 11 is 0. The molecule has 1 saturated carbocycles. The van der Waals surface area contributed by atoms with Crippen LogP contribution in [0.2, 0.25) is 0 Å². The van der Waals surface area contributed by atoms with Crippen LogP contribution in [0.4, 0.5) is 0 Å². The van der Waals surface area contributed by atoms with E-state index in [9.17, 15) is 9.59 Å². The van der Waals surface area contributed by atoms with Crippen molar-refractivity contribution in [3.63, 3.8) is 0 Å². The number of benzene rings is 1. The summed E-state index contributed by atoms with van der Waals surface area (Å²) in [7, 11) is 4.13. The highest BCUT2D eigenvalue weighted by Gasteiger charge is 2.47. The Bertz CT molecular complexity index is 1140. The van der Waals surface area contributed by atoms with Crippen LogP contribution in [0, 0.1) is 0 Å². The third-order valence-electron chi connectivity index (χ3n) is 6.02. The number of rotatable bonds is 5. The number of carbonyl (C=O) groups is 1. The molecule has 2 N–H and O–H groups in total. The molecule has 0 radical (unpaired) electrons. The number of fused-ring (bicyclic) bond motifs is 3. The molecule has 1 saturated heterocycles. The SMILES string of the molecule is CN1C2CC(NC(=O)Cc3cc(=O)n4[nH]c(Oc5ccccc5)nc4n3)C(C2)N1C. The number of amides is 1. The van der Waals surface area contributed by atoms with Crippen molar-refractivity contribution in [2.24, 2.45) is 0 Å². The number of hydrogen-bond acceptors (Lipinski definition) is 7. The fourth-order valence-corrected chi connectivity index (χ4v) is 4.42. The van der Waals surface area contributed by atoms with E-state index in [1.165, 1.54) is 10.6 Å². The average Bonchev–Trinajstić information content (AvgIpc) is 3.38. The minimum Gasteiger partial charge on any atom is -0.425 e. The second-order valence-electron chi connectivity index (χ2n) is 7.86. The van der Waals surface area contributed by atoms with Crippen LogP contribution in [0.5, 0.6) is 11.8 Å². The second kappa shape index (κ2) is 7.22. The van der Waals surface area contributed by atoms with Gasteiger partial charge in [-0.25, -0.2) is 20.1 Å². The van der Waals surface area contributed by atoms with Crippen LogP contribution in [0.15, 0.2) is 41.2 Å². The predicted octanol–water partition coefficient (Wildman–Crippen LogP) is 0.560. The fraction of sp³-hybridized carbons (Fsp3) is 0.400. The molecule has 2 aromatic heterocycles. The van der Waals surface area contributed by atoms with Crippen LogP contribution in [0.1, 0.15) is 18.5 Å². The lowest BCUT2D eigenvalue weighted by atomic mass is 10.1. The van der Waals surface area contributed by atoms with Gasteiger partial charge in [-0.3, -0.25) is 9.59 Å². The van der Waals surface area contributed by atoms with Gasteiger partial charge in [-0.05, 0) is 25.0 Å². The number of hydrogen-bond donors (Lipinski definition) is 2. The summed E-state index contributed by atoms with van der Waals surface area (Å²) in [5, 5.41) is 10.3. The maximum atomic E-state index is 12.6. The molecule has 1 aromatic carbocycles. The topological polar surface area (TPSA) is 108 Å². The first-order valence-electron chi connectivity index (χ1n) is 9.94. The maximum Gasteiger partial charge on any atom is 0.318 e. The molecule has 2 fully saturated rings. The molecule has 3 atom stereocenters. The molecule has 3 heterocycles. The van der Waals surface area contributed by atoms with Gasteiger partial charge >= 0.3 is 6.01 Å². The number of aromatic amines is 1. The lowest BCUT2D eigenvalue weighted by Crippen LogP contribution is -2.54. The monoisotopic (exact) mass is 409 g/mol. The molecule has 3 unspecified atom stereocenters. The van der Waals surface area contributed by atoms with E-state index >= 15 is 0 Å². The number of likely N-dealkylation sites (N-methyl/N-ethyl adjacent to an activating group) is 1. The third kappa shape index (κ3) is 3.33. The van der Waals surface area contributed by atoms with E-state index in [4.69, 9.17) is 4.74 Å². The van der Waals surface area contributed by atoms with Gasteiger partial charge in [0.15, 0.2) is 0 Å². The minimum absolute atomic E-state index is 0.0287. The quantitative estimate of drug-likeness (QED) is 0.634. The highest BCUT2D eigenvalue weighted by molar-refractivity contribution is 5.78. The van der Waals surface area contributed by atoms with Crippen LogP contribution < -0.4 is 15.6 Å². The molecule has 156 valence electrons. The highest BCUT2D eigenvalue weighted by atomic mass is 16.5. The zero-order valence-corrected chi connectivity index (χ0v) is 16.8. The zero-order chi connectivity index (χ0) is 20.8. The Morgan fingerprint density at radius 2 is 2.00 bits per heavy atom. The highest BCUT2D eigenvalue weighted by Crippen LogP contribution is 2.35. The number of nitrogens with zero attached hydrogens (tertiary/aromatic N) is 5. The molecule has 1 aliphatic carbocycles. The van der Waals surface area contributed by atoms with Gasteiger partial charge in [-0.2, -0.15) is 9.50 Å². The van der Waals surface area contributed by atoms with Crippen molar-refractivity contribution >= 4 is 11.7 Å². The van der Waals surface area contributed by atoms with E-state index in [2.05, 4.69) is 37.4 Å².